The van der Waals surface area contributed by atoms with Crippen molar-refractivity contribution in [3.8, 4) is 5.75 Å². The van der Waals surface area contributed by atoms with Gasteiger partial charge in [-0.1, -0.05) is 12.1 Å². The van der Waals surface area contributed by atoms with Crippen LogP contribution >= 0.6 is 0 Å². The summed E-state index contributed by atoms with van der Waals surface area (Å²) in [5, 5.41) is 0. The predicted molar refractivity (Wildman–Crippen MR) is 118 cm³/mol. The molecule has 6 heteroatoms. The molecule has 0 saturated carbocycles. The standard InChI is InChI=1S/C24H30N2O4/c1-7-26(21-10-8-19(15-27)9-11-21)23(29)25(16-28)14-20-12-17(2)22(18(3)13-20)30-24(4,5)6/h8-13,15-16H,7,14H2,1-6H3. The van der Waals surface area contributed by atoms with Gasteiger partial charge < -0.3 is 4.74 Å². The van der Waals surface area contributed by atoms with Gasteiger partial charge >= 0.3 is 6.03 Å². The number of aldehydes is 1. The SMILES string of the molecule is CCN(C(=O)N(C=O)Cc1cc(C)c(OC(C)(C)C)c(C)c1)c1ccc(C=O)cc1. The molecule has 0 bridgehead atoms. The number of hydrogen-bond donors (Lipinski definition) is 0. The molecule has 0 spiro atoms. The van der Waals surface area contributed by atoms with E-state index in [-0.39, 0.29) is 12.1 Å². The summed E-state index contributed by atoms with van der Waals surface area (Å²) in [6.07, 6.45) is 1.30. The Morgan fingerprint density at radius 2 is 1.60 bits per heavy atom. The first kappa shape index (κ1) is 23.1. The molecular weight excluding hydrogens is 380 g/mol. The third kappa shape index (κ3) is 5.69. The zero-order valence-electron chi connectivity index (χ0n) is 18.6. The van der Waals surface area contributed by atoms with Crippen molar-refractivity contribution in [2.24, 2.45) is 0 Å². The Balaban J connectivity index is 2.25. The van der Waals surface area contributed by atoms with Crippen LogP contribution < -0.4 is 9.64 Å². The van der Waals surface area contributed by atoms with Gasteiger partial charge in [0.1, 0.15) is 17.6 Å². The summed E-state index contributed by atoms with van der Waals surface area (Å²) in [6, 6.07) is 10.1. The molecule has 0 aliphatic heterocycles. The zero-order chi connectivity index (χ0) is 22.5. The highest BCUT2D eigenvalue weighted by Crippen LogP contribution is 2.29. The highest BCUT2D eigenvalue weighted by molar-refractivity contribution is 5.97. The Hall–Kier alpha value is -3.15. The maximum Gasteiger partial charge on any atom is 0.331 e. The summed E-state index contributed by atoms with van der Waals surface area (Å²) in [4.78, 5) is 38.3. The number of benzene rings is 2. The van der Waals surface area contributed by atoms with Crippen LogP contribution in [0.2, 0.25) is 0 Å². The van der Waals surface area contributed by atoms with Crippen LogP contribution in [0.4, 0.5) is 10.5 Å². The van der Waals surface area contributed by atoms with Gasteiger partial charge in [0.25, 0.3) is 0 Å². The topological polar surface area (TPSA) is 66.9 Å². The van der Waals surface area contributed by atoms with E-state index in [1.165, 1.54) is 4.90 Å². The number of aryl methyl sites for hydroxylation is 2. The highest BCUT2D eigenvalue weighted by Gasteiger charge is 2.22. The van der Waals surface area contributed by atoms with Crippen LogP contribution in [-0.4, -0.2) is 35.8 Å². The zero-order valence-corrected chi connectivity index (χ0v) is 18.6. The lowest BCUT2D eigenvalue weighted by Gasteiger charge is -2.27. The lowest BCUT2D eigenvalue weighted by atomic mass is 10.0. The van der Waals surface area contributed by atoms with Gasteiger partial charge in [-0.25, -0.2) is 4.79 Å². The molecule has 30 heavy (non-hydrogen) atoms. The van der Waals surface area contributed by atoms with Crippen LogP contribution in [0, 0.1) is 13.8 Å². The van der Waals surface area contributed by atoms with Gasteiger partial charge in [-0.15, -0.1) is 0 Å². The number of rotatable bonds is 7. The summed E-state index contributed by atoms with van der Waals surface area (Å²) in [7, 11) is 0. The molecule has 0 unspecified atom stereocenters. The monoisotopic (exact) mass is 410 g/mol. The first-order valence-corrected chi connectivity index (χ1v) is 9.97. The summed E-state index contributed by atoms with van der Waals surface area (Å²) in [5.74, 6) is 0.820. The van der Waals surface area contributed by atoms with E-state index in [0.717, 1.165) is 33.6 Å². The fourth-order valence-electron chi connectivity index (χ4n) is 3.26. The number of urea groups is 1. The van der Waals surface area contributed by atoms with Gasteiger partial charge in [-0.2, -0.15) is 0 Å². The molecule has 0 heterocycles. The van der Waals surface area contributed by atoms with Crippen molar-refractivity contribution < 1.29 is 19.1 Å². The molecule has 2 rings (SSSR count). The fraction of sp³-hybridized carbons (Fsp3) is 0.375. The molecule has 3 amide bonds. The molecule has 0 N–H and O–H groups in total. The van der Waals surface area contributed by atoms with Crippen molar-refractivity contribution >= 4 is 24.4 Å². The maximum absolute atomic E-state index is 13.0. The molecule has 0 fully saturated rings. The third-order valence-electron chi connectivity index (χ3n) is 4.54. The largest absolute Gasteiger partial charge is 0.488 e. The van der Waals surface area contributed by atoms with Gasteiger partial charge in [-0.3, -0.25) is 19.4 Å². The number of carbonyl (C=O) groups excluding carboxylic acids is 3. The number of imide groups is 1. The van der Waals surface area contributed by atoms with Gasteiger partial charge in [0.2, 0.25) is 6.41 Å². The van der Waals surface area contributed by atoms with Crippen molar-refractivity contribution in [2.75, 3.05) is 11.4 Å². The molecular formula is C24H30N2O4. The van der Waals surface area contributed by atoms with Crippen LogP contribution in [0.1, 0.15) is 54.7 Å². The molecule has 0 aromatic heterocycles. The van der Waals surface area contributed by atoms with E-state index < -0.39 is 6.03 Å². The van der Waals surface area contributed by atoms with Gasteiger partial charge in [-0.05, 0) is 82.5 Å². The van der Waals surface area contributed by atoms with E-state index in [4.69, 9.17) is 4.74 Å². The van der Waals surface area contributed by atoms with Crippen LogP contribution in [0.25, 0.3) is 0 Å². The first-order chi connectivity index (χ1) is 14.1. The Bertz CT molecular complexity index is 891. The number of nitrogens with zero attached hydrogens (tertiary/aromatic N) is 2. The average molecular weight is 411 g/mol. The minimum atomic E-state index is -0.420. The van der Waals surface area contributed by atoms with Crippen molar-refractivity contribution in [1.29, 1.82) is 0 Å². The predicted octanol–water partition coefficient (Wildman–Crippen LogP) is 4.90. The number of anilines is 1. The molecule has 0 radical (unpaired) electrons. The highest BCUT2D eigenvalue weighted by atomic mass is 16.5. The molecule has 0 aliphatic carbocycles. The smallest absolute Gasteiger partial charge is 0.331 e. The van der Waals surface area contributed by atoms with Gasteiger partial charge in [0.15, 0.2) is 0 Å². The summed E-state index contributed by atoms with van der Waals surface area (Å²) in [5.41, 5.74) is 3.59. The average Bonchev–Trinajstić information content (AvgIpc) is 2.69. The molecule has 0 aliphatic rings. The second-order valence-corrected chi connectivity index (χ2v) is 8.24. The maximum atomic E-state index is 13.0. The van der Waals surface area contributed by atoms with Crippen molar-refractivity contribution in [2.45, 2.75) is 53.7 Å². The number of carbonyl (C=O) groups is 3. The second kappa shape index (κ2) is 9.57. The summed E-state index contributed by atoms with van der Waals surface area (Å²) in [6.45, 7) is 12.3. The summed E-state index contributed by atoms with van der Waals surface area (Å²) < 4.78 is 6.05. The molecule has 2 aromatic carbocycles. The molecule has 2 aromatic rings. The Labute approximate surface area is 178 Å². The van der Waals surface area contributed by atoms with Crippen LogP contribution in [0.15, 0.2) is 36.4 Å². The van der Waals surface area contributed by atoms with E-state index in [1.54, 1.807) is 24.3 Å². The summed E-state index contributed by atoms with van der Waals surface area (Å²) >= 11 is 0. The van der Waals surface area contributed by atoms with E-state index in [0.29, 0.717) is 24.2 Å². The van der Waals surface area contributed by atoms with Gasteiger partial charge in [0, 0.05) is 17.8 Å². The van der Waals surface area contributed by atoms with E-state index in [2.05, 4.69) is 0 Å². The van der Waals surface area contributed by atoms with E-state index in [9.17, 15) is 14.4 Å². The van der Waals surface area contributed by atoms with Crippen molar-refractivity contribution in [1.82, 2.24) is 4.90 Å². The van der Waals surface area contributed by atoms with Crippen molar-refractivity contribution in [3.63, 3.8) is 0 Å². The molecule has 0 saturated heterocycles. The van der Waals surface area contributed by atoms with E-state index in [1.807, 2.05) is 53.7 Å². The minimum absolute atomic E-state index is 0.155. The third-order valence-corrected chi connectivity index (χ3v) is 4.54. The van der Waals surface area contributed by atoms with E-state index >= 15 is 0 Å². The molecule has 0 atom stereocenters. The van der Waals surface area contributed by atoms with Crippen LogP contribution in [-0.2, 0) is 11.3 Å². The number of ether oxygens (including phenoxy) is 1. The number of hydrogen-bond acceptors (Lipinski definition) is 4. The Morgan fingerprint density at radius 1 is 1.03 bits per heavy atom. The van der Waals surface area contributed by atoms with Gasteiger partial charge in [0.05, 0.1) is 6.54 Å². The Kier molecular flexibility index (Phi) is 7.38. The molecule has 6 nitrogen and oxygen atoms in total. The quantitative estimate of drug-likeness (QED) is 0.609. The lowest BCUT2D eigenvalue weighted by molar-refractivity contribution is -0.115. The Morgan fingerprint density at radius 3 is 2.03 bits per heavy atom. The number of amides is 3. The lowest BCUT2D eigenvalue weighted by Crippen LogP contribution is -2.42. The fourth-order valence-corrected chi connectivity index (χ4v) is 3.26. The minimum Gasteiger partial charge on any atom is -0.488 e. The first-order valence-electron chi connectivity index (χ1n) is 9.97. The normalized spacial score (nSPS) is 11.0. The van der Waals surface area contributed by atoms with Crippen molar-refractivity contribution in [3.05, 3.63) is 58.7 Å². The van der Waals surface area contributed by atoms with Crippen LogP contribution in [0.5, 0.6) is 5.75 Å². The molecule has 160 valence electrons. The van der Waals surface area contributed by atoms with Crippen LogP contribution in [0.3, 0.4) is 0 Å². The second-order valence-electron chi connectivity index (χ2n) is 8.24.